The maximum atomic E-state index is 12.2. The third-order valence-electron chi connectivity index (χ3n) is 3.10. The fraction of sp³-hybridized carbons (Fsp3) is 0.235. The molecule has 0 bridgehead atoms. The molecule has 0 aliphatic carbocycles. The van der Waals surface area contributed by atoms with E-state index in [0.29, 0.717) is 17.2 Å². The highest BCUT2D eigenvalue weighted by atomic mass is 35.5. The fourth-order valence-electron chi connectivity index (χ4n) is 2.01. The molecule has 0 aromatic heterocycles. The van der Waals surface area contributed by atoms with Gasteiger partial charge in [-0.15, -0.1) is 0 Å². The number of aryl methyl sites for hydroxylation is 1. The molecule has 21 heavy (non-hydrogen) atoms. The van der Waals surface area contributed by atoms with Crippen molar-refractivity contribution in [1.29, 1.82) is 0 Å². The number of carbonyl (C=O) groups excluding carboxylic acids is 1. The zero-order valence-electron chi connectivity index (χ0n) is 12.1. The van der Waals surface area contributed by atoms with Crippen molar-refractivity contribution in [2.45, 2.75) is 19.9 Å². The Morgan fingerprint density at radius 1 is 1.19 bits per heavy atom. The molecule has 0 fully saturated rings. The lowest BCUT2D eigenvalue weighted by molar-refractivity contribution is -0.144. The van der Waals surface area contributed by atoms with Crippen LogP contribution in [0.3, 0.4) is 0 Å². The van der Waals surface area contributed by atoms with Crippen molar-refractivity contribution in [2.75, 3.05) is 11.9 Å². The minimum atomic E-state index is -0.624. The normalized spacial score (nSPS) is 11.8. The second-order valence-corrected chi connectivity index (χ2v) is 5.12. The summed E-state index contributed by atoms with van der Waals surface area (Å²) in [7, 11) is 0. The molecule has 0 aliphatic rings. The largest absolute Gasteiger partial charge is 0.464 e. The smallest absolute Gasteiger partial charge is 0.333 e. The Hall–Kier alpha value is -2.00. The average Bonchev–Trinajstić information content (AvgIpc) is 2.48. The van der Waals surface area contributed by atoms with Gasteiger partial charge in [0.25, 0.3) is 0 Å². The first-order valence-electron chi connectivity index (χ1n) is 6.86. The zero-order chi connectivity index (χ0) is 15.2. The van der Waals surface area contributed by atoms with Gasteiger partial charge in [0.1, 0.15) is 0 Å². The first-order valence-corrected chi connectivity index (χ1v) is 7.24. The van der Waals surface area contributed by atoms with Gasteiger partial charge in [0, 0.05) is 16.3 Å². The quantitative estimate of drug-likeness (QED) is 0.834. The van der Waals surface area contributed by atoms with E-state index in [1.165, 1.54) is 0 Å². The van der Waals surface area contributed by atoms with Crippen molar-refractivity contribution < 1.29 is 9.53 Å². The van der Waals surface area contributed by atoms with Crippen molar-refractivity contribution in [3.8, 4) is 0 Å². The van der Waals surface area contributed by atoms with Crippen LogP contribution in [-0.2, 0) is 9.53 Å². The van der Waals surface area contributed by atoms with Crippen LogP contribution in [0.4, 0.5) is 5.69 Å². The van der Waals surface area contributed by atoms with E-state index in [4.69, 9.17) is 16.3 Å². The maximum Gasteiger partial charge on any atom is 0.333 e. The summed E-state index contributed by atoms with van der Waals surface area (Å²) in [4.78, 5) is 12.2. The second-order valence-electron chi connectivity index (χ2n) is 4.72. The van der Waals surface area contributed by atoms with Crippen LogP contribution in [0.15, 0.2) is 48.5 Å². The predicted molar refractivity (Wildman–Crippen MR) is 85.6 cm³/mol. The van der Waals surface area contributed by atoms with Gasteiger partial charge in [0.2, 0.25) is 0 Å². The van der Waals surface area contributed by atoms with Gasteiger partial charge in [-0.1, -0.05) is 47.5 Å². The molecule has 1 unspecified atom stereocenters. The van der Waals surface area contributed by atoms with Gasteiger partial charge in [-0.2, -0.15) is 0 Å². The highest BCUT2D eigenvalue weighted by Crippen LogP contribution is 2.27. The summed E-state index contributed by atoms with van der Waals surface area (Å²) in [6.45, 7) is 4.13. The Kier molecular flexibility index (Phi) is 5.23. The van der Waals surface area contributed by atoms with E-state index in [9.17, 15) is 4.79 Å². The Labute approximate surface area is 129 Å². The topological polar surface area (TPSA) is 38.3 Å². The SMILES string of the molecule is CCOC(=O)C(Nc1ccc(C)cc1)c1ccccc1Cl. The summed E-state index contributed by atoms with van der Waals surface area (Å²) in [6, 6.07) is 14.5. The number of carbonyl (C=O) groups is 1. The van der Waals surface area contributed by atoms with E-state index in [-0.39, 0.29) is 5.97 Å². The molecule has 0 aliphatic heterocycles. The van der Waals surface area contributed by atoms with Gasteiger partial charge in [0.15, 0.2) is 6.04 Å². The third-order valence-corrected chi connectivity index (χ3v) is 3.45. The molecule has 2 rings (SSSR count). The van der Waals surface area contributed by atoms with Crippen LogP contribution in [0.5, 0.6) is 0 Å². The van der Waals surface area contributed by atoms with Crippen molar-refractivity contribution in [3.05, 3.63) is 64.7 Å². The average molecular weight is 304 g/mol. The molecule has 1 N–H and O–H groups in total. The van der Waals surface area contributed by atoms with Gasteiger partial charge < -0.3 is 10.1 Å². The lowest BCUT2D eigenvalue weighted by Gasteiger charge is -2.20. The summed E-state index contributed by atoms with van der Waals surface area (Å²) >= 11 is 6.21. The van der Waals surface area contributed by atoms with Crippen molar-refractivity contribution in [3.63, 3.8) is 0 Å². The van der Waals surface area contributed by atoms with E-state index < -0.39 is 6.04 Å². The fourth-order valence-corrected chi connectivity index (χ4v) is 2.26. The number of anilines is 1. The Morgan fingerprint density at radius 3 is 2.48 bits per heavy atom. The molecule has 0 radical (unpaired) electrons. The van der Waals surface area contributed by atoms with Crippen LogP contribution in [0.1, 0.15) is 24.1 Å². The lowest BCUT2D eigenvalue weighted by Crippen LogP contribution is -2.23. The predicted octanol–water partition coefficient (Wildman–Crippen LogP) is 4.36. The lowest BCUT2D eigenvalue weighted by atomic mass is 10.1. The van der Waals surface area contributed by atoms with Gasteiger partial charge in [-0.3, -0.25) is 0 Å². The second kappa shape index (κ2) is 7.14. The van der Waals surface area contributed by atoms with E-state index >= 15 is 0 Å². The number of rotatable bonds is 5. The minimum absolute atomic E-state index is 0.329. The van der Waals surface area contributed by atoms with Crippen LogP contribution in [0.25, 0.3) is 0 Å². The molecule has 4 heteroatoms. The number of benzene rings is 2. The van der Waals surface area contributed by atoms with Gasteiger partial charge in [-0.25, -0.2) is 4.79 Å². The summed E-state index contributed by atoms with van der Waals surface area (Å²) in [5.74, 6) is -0.342. The van der Waals surface area contributed by atoms with E-state index in [2.05, 4.69) is 5.32 Å². The molecule has 0 saturated carbocycles. The van der Waals surface area contributed by atoms with Crippen molar-refractivity contribution in [1.82, 2.24) is 0 Å². The van der Waals surface area contributed by atoms with Crippen LogP contribution in [0, 0.1) is 6.92 Å². The van der Waals surface area contributed by atoms with Crippen LogP contribution in [-0.4, -0.2) is 12.6 Å². The standard InChI is InChI=1S/C17H18ClNO2/c1-3-21-17(20)16(14-6-4-5-7-15(14)18)19-13-10-8-12(2)9-11-13/h4-11,16,19H,3H2,1-2H3. The minimum Gasteiger partial charge on any atom is -0.464 e. The number of halogens is 1. The van der Waals surface area contributed by atoms with Crippen LogP contribution >= 0.6 is 11.6 Å². The third kappa shape index (κ3) is 3.99. The summed E-state index contributed by atoms with van der Waals surface area (Å²) in [5.41, 5.74) is 2.71. The summed E-state index contributed by atoms with van der Waals surface area (Å²) < 4.78 is 5.15. The van der Waals surface area contributed by atoms with Gasteiger partial charge >= 0.3 is 5.97 Å². The zero-order valence-corrected chi connectivity index (χ0v) is 12.9. The molecule has 0 heterocycles. The van der Waals surface area contributed by atoms with Crippen molar-refractivity contribution in [2.24, 2.45) is 0 Å². The number of ether oxygens (including phenoxy) is 1. The molecular weight excluding hydrogens is 286 g/mol. The molecular formula is C17H18ClNO2. The van der Waals surface area contributed by atoms with Crippen LogP contribution in [0.2, 0.25) is 5.02 Å². The highest BCUT2D eigenvalue weighted by molar-refractivity contribution is 6.31. The van der Waals surface area contributed by atoms with E-state index in [1.54, 1.807) is 13.0 Å². The number of hydrogen-bond acceptors (Lipinski definition) is 3. The molecule has 2 aromatic carbocycles. The highest BCUT2D eigenvalue weighted by Gasteiger charge is 2.23. The number of hydrogen-bond donors (Lipinski definition) is 1. The van der Waals surface area contributed by atoms with Gasteiger partial charge in [-0.05, 0) is 32.0 Å². The van der Waals surface area contributed by atoms with Crippen molar-refractivity contribution >= 4 is 23.3 Å². The molecule has 2 aromatic rings. The van der Waals surface area contributed by atoms with E-state index in [0.717, 1.165) is 11.3 Å². The molecule has 0 spiro atoms. The number of nitrogens with one attached hydrogen (secondary N) is 1. The van der Waals surface area contributed by atoms with Crippen LogP contribution < -0.4 is 5.32 Å². The monoisotopic (exact) mass is 303 g/mol. The van der Waals surface area contributed by atoms with Gasteiger partial charge in [0.05, 0.1) is 6.61 Å². The Morgan fingerprint density at radius 2 is 1.86 bits per heavy atom. The maximum absolute atomic E-state index is 12.2. The molecule has 3 nitrogen and oxygen atoms in total. The molecule has 110 valence electrons. The van der Waals surface area contributed by atoms with E-state index in [1.807, 2.05) is 49.4 Å². The molecule has 0 amide bonds. The first-order chi connectivity index (χ1) is 10.1. The number of esters is 1. The summed E-state index contributed by atoms with van der Waals surface area (Å²) in [5, 5.41) is 3.73. The molecule has 1 atom stereocenters. The molecule has 0 saturated heterocycles. The Balaban J connectivity index is 2.30. The summed E-state index contributed by atoms with van der Waals surface area (Å²) in [6.07, 6.45) is 0. The Bertz CT molecular complexity index is 610. The first kappa shape index (κ1) is 15.4.